The molecule has 0 heterocycles. The fraction of sp³-hybridized carbons (Fsp3) is 0.684. The van der Waals surface area contributed by atoms with Crippen molar-refractivity contribution in [3.63, 3.8) is 0 Å². The molecule has 2 atom stereocenters. The van der Waals surface area contributed by atoms with Gasteiger partial charge in [0.2, 0.25) is 0 Å². The number of hydrogen-bond donors (Lipinski definition) is 1. The first-order chi connectivity index (χ1) is 9.88. The van der Waals surface area contributed by atoms with Gasteiger partial charge in [-0.1, -0.05) is 39.3 Å². The SMILES string of the molecule is CN(C)c1ccccc1NC1CCCC(C(C)(C)C)CC1. The van der Waals surface area contributed by atoms with Crippen LogP contribution in [0.3, 0.4) is 0 Å². The van der Waals surface area contributed by atoms with Crippen LogP contribution in [0.1, 0.15) is 52.9 Å². The van der Waals surface area contributed by atoms with Gasteiger partial charge in [-0.05, 0) is 49.1 Å². The first kappa shape index (κ1) is 16.2. The molecule has 1 aliphatic carbocycles. The second kappa shape index (κ2) is 6.72. The van der Waals surface area contributed by atoms with Gasteiger partial charge in [-0.2, -0.15) is 0 Å². The van der Waals surface area contributed by atoms with Crippen molar-refractivity contribution in [2.24, 2.45) is 11.3 Å². The summed E-state index contributed by atoms with van der Waals surface area (Å²) in [5.41, 5.74) is 3.02. The molecule has 118 valence electrons. The molecule has 1 aliphatic rings. The number of anilines is 2. The van der Waals surface area contributed by atoms with Gasteiger partial charge in [0.25, 0.3) is 0 Å². The summed E-state index contributed by atoms with van der Waals surface area (Å²) in [5.74, 6) is 0.869. The lowest BCUT2D eigenvalue weighted by molar-refractivity contribution is 0.214. The van der Waals surface area contributed by atoms with Gasteiger partial charge < -0.3 is 10.2 Å². The number of benzene rings is 1. The molecule has 0 radical (unpaired) electrons. The van der Waals surface area contributed by atoms with E-state index in [2.05, 4.69) is 69.3 Å². The van der Waals surface area contributed by atoms with Gasteiger partial charge in [0.1, 0.15) is 0 Å². The van der Waals surface area contributed by atoms with Crippen molar-refractivity contribution in [2.45, 2.75) is 58.9 Å². The minimum absolute atomic E-state index is 0.455. The molecule has 1 N–H and O–H groups in total. The Balaban J connectivity index is 2.01. The Morgan fingerprint density at radius 2 is 1.71 bits per heavy atom. The second-order valence-electron chi connectivity index (χ2n) is 7.82. The van der Waals surface area contributed by atoms with Crippen LogP contribution in [0.2, 0.25) is 0 Å². The van der Waals surface area contributed by atoms with Crippen molar-refractivity contribution in [1.29, 1.82) is 0 Å². The summed E-state index contributed by atoms with van der Waals surface area (Å²) in [6.07, 6.45) is 6.68. The molecule has 0 saturated heterocycles. The van der Waals surface area contributed by atoms with Gasteiger partial charge in [0.05, 0.1) is 11.4 Å². The standard InChI is InChI=1S/C19H32N2/c1-19(2,3)15-9-8-10-16(14-13-15)20-17-11-6-7-12-18(17)21(4)5/h6-7,11-12,15-16,20H,8-10,13-14H2,1-5H3. The van der Waals surface area contributed by atoms with Crippen molar-refractivity contribution in [2.75, 3.05) is 24.3 Å². The van der Waals surface area contributed by atoms with Gasteiger partial charge in [-0.25, -0.2) is 0 Å². The topological polar surface area (TPSA) is 15.3 Å². The van der Waals surface area contributed by atoms with Crippen LogP contribution in [-0.4, -0.2) is 20.1 Å². The van der Waals surface area contributed by atoms with Crippen molar-refractivity contribution < 1.29 is 0 Å². The highest BCUT2D eigenvalue weighted by molar-refractivity contribution is 5.69. The van der Waals surface area contributed by atoms with E-state index in [1.165, 1.54) is 43.5 Å². The van der Waals surface area contributed by atoms with E-state index in [4.69, 9.17) is 0 Å². The summed E-state index contributed by atoms with van der Waals surface area (Å²) in [6, 6.07) is 9.27. The van der Waals surface area contributed by atoms with Crippen molar-refractivity contribution in [1.82, 2.24) is 0 Å². The molecule has 1 aromatic rings. The molecule has 21 heavy (non-hydrogen) atoms. The third kappa shape index (κ3) is 4.39. The Morgan fingerprint density at radius 1 is 1.00 bits per heavy atom. The molecule has 2 heteroatoms. The summed E-state index contributed by atoms with van der Waals surface area (Å²) in [5, 5.41) is 3.80. The molecule has 0 aromatic heterocycles. The normalized spacial score (nSPS) is 23.5. The summed E-state index contributed by atoms with van der Waals surface area (Å²) in [7, 11) is 4.23. The van der Waals surface area contributed by atoms with Crippen LogP contribution in [0.4, 0.5) is 11.4 Å². The highest BCUT2D eigenvalue weighted by atomic mass is 15.1. The van der Waals surface area contributed by atoms with Crippen LogP contribution in [0, 0.1) is 11.3 Å². The monoisotopic (exact) mass is 288 g/mol. The van der Waals surface area contributed by atoms with Gasteiger partial charge in [0, 0.05) is 20.1 Å². The molecule has 0 aliphatic heterocycles. The van der Waals surface area contributed by atoms with Crippen LogP contribution in [0.25, 0.3) is 0 Å². The lowest BCUT2D eigenvalue weighted by Gasteiger charge is -2.30. The number of nitrogens with zero attached hydrogens (tertiary/aromatic N) is 1. The van der Waals surface area contributed by atoms with E-state index in [0.717, 1.165) is 5.92 Å². The van der Waals surface area contributed by atoms with Gasteiger partial charge >= 0.3 is 0 Å². The summed E-state index contributed by atoms with van der Waals surface area (Å²) in [6.45, 7) is 7.19. The molecule has 2 rings (SSSR count). The number of para-hydroxylation sites is 2. The number of rotatable bonds is 3. The minimum Gasteiger partial charge on any atom is -0.381 e. The minimum atomic E-state index is 0.455. The Kier molecular flexibility index (Phi) is 5.18. The second-order valence-corrected chi connectivity index (χ2v) is 7.82. The molecule has 1 saturated carbocycles. The third-order valence-electron chi connectivity index (χ3n) is 4.94. The lowest BCUT2D eigenvalue weighted by atomic mass is 9.76. The zero-order valence-corrected chi connectivity index (χ0v) is 14.4. The highest BCUT2D eigenvalue weighted by Gasteiger charge is 2.27. The fourth-order valence-corrected chi connectivity index (χ4v) is 3.52. The zero-order chi connectivity index (χ0) is 15.5. The van der Waals surface area contributed by atoms with Gasteiger partial charge in [-0.15, -0.1) is 0 Å². The summed E-state index contributed by atoms with van der Waals surface area (Å²) < 4.78 is 0. The van der Waals surface area contributed by atoms with Crippen LogP contribution in [-0.2, 0) is 0 Å². The Morgan fingerprint density at radius 3 is 2.38 bits per heavy atom. The van der Waals surface area contributed by atoms with E-state index in [-0.39, 0.29) is 0 Å². The van der Waals surface area contributed by atoms with E-state index < -0.39 is 0 Å². The first-order valence-corrected chi connectivity index (χ1v) is 8.41. The average molecular weight is 288 g/mol. The highest BCUT2D eigenvalue weighted by Crippen LogP contribution is 2.37. The van der Waals surface area contributed by atoms with Crippen molar-refractivity contribution in [3.8, 4) is 0 Å². The summed E-state index contributed by atoms with van der Waals surface area (Å²) in [4.78, 5) is 2.19. The Hall–Kier alpha value is -1.18. The predicted molar refractivity (Wildman–Crippen MR) is 94.2 cm³/mol. The average Bonchev–Trinajstić information content (AvgIpc) is 2.64. The van der Waals surface area contributed by atoms with Crippen LogP contribution in [0.15, 0.2) is 24.3 Å². The van der Waals surface area contributed by atoms with Gasteiger partial charge in [0.15, 0.2) is 0 Å². The Bertz CT molecular complexity index is 445. The molecule has 0 amide bonds. The van der Waals surface area contributed by atoms with E-state index in [1.54, 1.807) is 0 Å². The van der Waals surface area contributed by atoms with E-state index in [9.17, 15) is 0 Å². The predicted octanol–water partition coefficient (Wildman–Crippen LogP) is 5.16. The van der Waals surface area contributed by atoms with Crippen LogP contribution < -0.4 is 10.2 Å². The number of hydrogen-bond acceptors (Lipinski definition) is 2. The van der Waals surface area contributed by atoms with E-state index in [0.29, 0.717) is 11.5 Å². The maximum absolute atomic E-state index is 3.80. The summed E-state index contributed by atoms with van der Waals surface area (Å²) >= 11 is 0. The molecular formula is C19H32N2. The zero-order valence-electron chi connectivity index (χ0n) is 14.4. The molecule has 1 aromatic carbocycles. The molecule has 0 bridgehead atoms. The van der Waals surface area contributed by atoms with E-state index >= 15 is 0 Å². The van der Waals surface area contributed by atoms with Crippen molar-refractivity contribution >= 4 is 11.4 Å². The van der Waals surface area contributed by atoms with Gasteiger partial charge in [-0.3, -0.25) is 0 Å². The van der Waals surface area contributed by atoms with E-state index in [1.807, 2.05) is 0 Å². The van der Waals surface area contributed by atoms with Crippen molar-refractivity contribution in [3.05, 3.63) is 24.3 Å². The molecular weight excluding hydrogens is 256 g/mol. The molecule has 2 unspecified atom stereocenters. The maximum Gasteiger partial charge on any atom is 0.0596 e. The third-order valence-corrected chi connectivity index (χ3v) is 4.94. The van der Waals surface area contributed by atoms with Crippen LogP contribution in [0.5, 0.6) is 0 Å². The Labute approximate surface area is 130 Å². The maximum atomic E-state index is 3.80. The lowest BCUT2D eigenvalue weighted by Crippen LogP contribution is -2.22. The largest absolute Gasteiger partial charge is 0.381 e. The first-order valence-electron chi connectivity index (χ1n) is 8.41. The quantitative estimate of drug-likeness (QED) is 0.773. The molecule has 0 spiro atoms. The van der Waals surface area contributed by atoms with Crippen LogP contribution >= 0.6 is 0 Å². The number of nitrogens with one attached hydrogen (secondary N) is 1. The molecule has 1 fully saturated rings. The smallest absolute Gasteiger partial charge is 0.0596 e. The fourth-order valence-electron chi connectivity index (χ4n) is 3.52. The molecule has 2 nitrogen and oxygen atoms in total.